The van der Waals surface area contributed by atoms with Gasteiger partial charge in [-0.2, -0.15) is 0 Å². The predicted molar refractivity (Wildman–Crippen MR) is 62.0 cm³/mol. The van der Waals surface area contributed by atoms with Crippen molar-refractivity contribution in [2.45, 2.75) is 44.8 Å². The summed E-state index contributed by atoms with van der Waals surface area (Å²) >= 11 is 0. The fourth-order valence-corrected chi connectivity index (χ4v) is 2.10. The molecule has 16 heavy (non-hydrogen) atoms. The molecule has 0 amide bonds. The topological polar surface area (TPSA) is 35.2 Å². The molecule has 1 aromatic rings. The smallest absolute Gasteiger partial charge is 0.167 e. The number of hydrogen-bond acceptors (Lipinski definition) is 2. The van der Waals surface area contributed by atoms with Crippen LogP contribution in [0.4, 0.5) is 4.39 Å². The Hall–Kier alpha value is -1.09. The van der Waals surface area contributed by atoms with Crippen LogP contribution in [-0.2, 0) is 0 Å². The summed E-state index contributed by atoms with van der Waals surface area (Å²) in [6.07, 6.45) is 3.91. The van der Waals surface area contributed by atoms with Gasteiger partial charge < -0.3 is 10.5 Å². The zero-order valence-electron chi connectivity index (χ0n) is 9.58. The van der Waals surface area contributed by atoms with Gasteiger partial charge in [0.15, 0.2) is 11.6 Å². The van der Waals surface area contributed by atoms with E-state index < -0.39 is 0 Å². The second kappa shape index (κ2) is 4.83. The van der Waals surface area contributed by atoms with Gasteiger partial charge in [0.25, 0.3) is 0 Å². The van der Waals surface area contributed by atoms with Crippen molar-refractivity contribution < 1.29 is 9.13 Å². The molecule has 2 N–H and O–H groups in total. The zero-order chi connectivity index (χ0) is 11.5. The highest BCUT2D eigenvalue weighted by atomic mass is 19.1. The highest BCUT2D eigenvalue weighted by Gasteiger charge is 2.21. The van der Waals surface area contributed by atoms with Crippen molar-refractivity contribution >= 4 is 0 Å². The van der Waals surface area contributed by atoms with Gasteiger partial charge in [-0.1, -0.05) is 12.1 Å². The van der Waals surface area contributed by atoms with Crippen molar-refractivity contribution in [2.75, 3.05) is 0 Å². The Kier molecular flexibility index (Phi) is 3.44. The Labute approximate surface area is 95.6 Å². The molecule has 3 heteroatoms. The molecule has 0 unspecified atom stereocenters. The fraction of sp³-hybridized carbons (Fsp3) is 0.538. The summed E-state index contributed by atoms with van der Waals surface area (Å²) in [5.41, 5.74) is 6.44. The number of hydrogen-bond donors (Lipinski definition) is 1. The van der Waals surface area contributed by atoms with Gasteiger partial charge in [0.05, 0.1) is 6.10 Å². The van der Waals surface area contributed by atoms with Gasteiger partial charge in [-0.3, -0.25) is 0 Å². The van der Waals surface area contributed by atoms with Gasteiger partial charge >= 0.3 is 0 Å². The molecular formula is C13H18FNO. The minimum absolute atomic E-state index is 0.121. The zero-order valence-corrected chi connectivity index (χ0v) is 9.58. The average Bonchev–Trinajstić information content (AvgIpc) is 2.28. The van der Waals surface area contributed by atoms with Crippen LogP contribution in [0.25, 0.3) is 0 Å². The number of halogens is 1. The molecule has 0 bridgehead atoms. The first-order valence-electron chi connectivity index (χ1n) is 5.84. The molecule has 1 fully saturated rings. The van der Waals surface area contributed by atoms with E-state index in [0.717, 1.165) is 25.7 Å². The third kappa shape index (κ3) is 2.53. The lowest BCUT2D eigenvalue weighted by Crippen LogP contribution is -2.31. The lowest BCUT2D eigenvalue weighted by Gasteiger charge is -2.27. The van der Waals surface area contributed by atoms with E-state index in [9.17, 15) is 4.39 Å². The Morgan fingerprint density at radius 1 is 1.25 bits per heavy atom. The monoisotopic (exact) mass is 223 g/mol. The number of nitrogens with two attached hydrogens (primary N) is 1. The molecule has 1 saturated carbocycles. The minimum atomic E-state index is -0.239. The minimum Gasteiger partial charge on any atom is -0.487 e. The largest absolute Gasteiger partial charge is 0.487 e. The van der Waals surface area contributed by atoms with Crippen molar-refractivity contribution in [2.24, 2.45) is 5.73 Å². The Morgan fingerprint density at radius 2 is 1.94 bits per heavy atom. The maximum Gasteiger partial charge on any atom is 0.167 e. The van der Waals surface area contributed by atoms with Crippen molar-refractivity contribution in [1.29, 1.82) is 0 Å². The normalized spacial score (nSPS) is 25.4. The molecule has 2 nitrogen and oxygen atoms in total. The summed E-state index contributed by atoms with van der Waals surface area (Å²) in [6.45, 7) is 1.75. The Bertz CT molecular complexity index is 359. The van der Waals surface area contributed by atoms with E-state index in [4.69, 9.17) is 10.5 Å². The highest BCUT2D eigenvalue weighted by Crippen LogP contribution is 2.26. The molecule has 0 aromatic heterocycles. The molecule has 0 spiro atoms. The molecule has 2 rings (SSSR count). The second-order valence-corrected chi connectivity index (χ2v) is 4.54. The van der Waals surface area contributed by atoms with E-state index in [1.807, 2.05) is 6.07 Å². The summed E-state index contributed by atoms with van der Waals surface area (Å²) in [6, 6.07) is 5.56. The molecule has 0 radical (unpaired) electrons. The van der Waals surface area contributed by atoms with Crippen LogP contribution in [0, 0.1) is 12.7 Å². The summed E-state index contributed by atoms with van der Waals surface area (Å²) in [4.78, 5) is 0. The van der Waals surface area contributed by atoms with Crippen molar-refractivity contribution in [3.05, 3.63) is 29.6 Å². The van der Waals surface area contributed by atoms with Crippen molar-refractivity contribution in [3.63, 3.8) is 0 Å². The number of aryl methyl sites for hydroxylation is 1. The summed E-state index contributed by atoms with van der Waals surface area (Å²) in [5.74, 6) is 0.137. The van der Waals surface area contributed by atoms with Crippen LogP contribution < -0.4 is 10.5 Å². The van der Waals surface area contributed by atoms with E-state index in [0.29, 0.717) is 17.4 Å². The van der Waals surface area contributed by atoms with E-state index in [1.54, 1.807) is 19.1 Å². The number of ether oxygens (including phenoxy) is 1. The van der Waals surface area contributed by atoms with Crippen LogP contribution in [0.5, 0.6) is 5.75 Å². The maximum atomic E-state index is 13.7. The lowest BCUT2D eigenvalue weighted by molar-refractivity contribution is 0.141. The van der Waals surface area contributed by atoms with Crippen molar-refractivity contribution in [3.8, 4) is 5.75 Å². The molecule has 1 aromatic carbocycles. The molecule has 1 aliphatic rings. The quantitative estimate of drug-likeness (QED) is 0.836. The Morgan fingerprint density at radius 3 is 2.62 bits per heavy atom. The summed E-state index contributed by atoms with van der Waals surface area (Å²) in [7, 11) is 0. The van der Waals surface area contributed by atoms with Gasteiger partial charge in [0.1, 0.15) is 0 Å². The van der Waals surface area contributed by atoms with Crippen LogP contribution in [0.1, 0.15) is 31.2 Å². The van der Waals surface area contributed by atoms with Gasteiger partial charge in [0.2, 0.25) is 0 Å². The van der Waals surface area contributed by atoms with Crippen LogP contribution in [0.2, 0.25) is 0 Å². The first-order chi connectivity index (χ1) is 7.66. The van der Waals surface area contributed by atoms with Crippen molar-refractivity contribution in [1.82, 2.24) is 0 Å². The first-order valence-corrected chi connectivity index (χ1v) is 5.84. The van der Waals surface area contributed by atoms with Gasteiger partial charge in [-0.25, -0.2) is 4.39 Å². The molecule has 0 saturated heterocycles. The second-order valence-electron chi connectivity index (χ2n) is 4.54. The first kappa shape index (κ1) is 11.4. The lowest BCUT2D eigenvalue weighted by atomic mass is 9.94. The third-order valence-corrected chi connectivity index (χ3v) is 3.17. The standard InChI is InChI=1S/C13H18FNO/c1-9-3-2-4-12(13(9)14)16-11-7-5-10(15)6-8-11/h2-4,10-11H,5-8,15H2,1H3. The molecule has 0 aliphatic heterocycles. The highest BCUT2D eigenvalue weighted by molar-refractivity contribution is 5.30. The van der Waals surface area contributed by atoms with Crippen LogP contribution in [-0.4, -0.2) is 12.1 Å². The summed E-state index contributed by atoms with van der Waals surface area (Å²) < 4.78 is 19.4. The van der Waals surface area contributed by atoms with Gasteiger partial charge in [-0.15, -0.1) is 0 Å². The molecule has 0 atom stereocenters. The molecular weight excluding hydrogens is 205 g/mol. The molecule has 1 aliphatic carbocycles. The van der Waals surface area contributed by atoms with Crippen LogP contribution in [0.3, 0.4) is 0 Å². The van der Waals surface area contributed by atoms with E-state index in [-0.39, 0.29) is 11.9 Å². The predicted octanol–water partition coefficient (Wildman–Crippen LogP) is 2.78. The number of benzene rings is 1. The van der Waals surface area contributed by atoms with E-state index in [1.165, 1.54) is 0 Å². The SMILES string of the molecule is Cc1cccc(OC2CCC(N)CC2)c1F. The number of rotatable bonds is 2. The average molecular weight is 223 g/mol. The summed E-state index contributed by atoms with van der Waals surface area (Å²) in [5, 5.41) is 0. The van der Waals surface area contributed by atoms with Gasteiger partial charge in [0, 0.05) is 6.04 Å². The molecule has 0 heterocycles. The maximum absolute atomic E-state index is 13.7. The van der Waals surface area contributed by atoms with Crippen LogP contribution >= 0.6 is 0 Å². The molecule has 88 valence electrons. The van der Waals surface area contributed by atoms with E-state index >= 15 is 0 Å². The van der Waals surface area contributed by atoms with Crippen LogP contribution in [0.15, 0.2) is 18.2 Å². The Balaban J connectivity index is 2.01. The fourth-order valence-electron chi connectivity index (χ4n) is 2.10. The van der Waals surface area contributed by atoms with Gasteiger partial charge in [-0.05, 0) is 44.2 Å². The third-order valence-electron chi connectivity index (χ3n) is 3.17. The van der Waals surface area contributed by atoms with E-state index in [2.05, 4.69) is 0 Å².